The summed E-state index contributed by atoms with van der Waals surface area (Å²) in [6.45, 7) is 5.39. The minimum absolute atomic E-state index is 0.701. The van der Waals surface area contributed by atoms with Gasteiger partial charge < -0.3 is 9.73 Å². The number of nitrogens with zero attached hydrogens (tertiary/aromatic N) is 1. The van der Waals surface area contributed by atoms with Gasteiger partial charge in [0.15, 0.2) is 0 Å². The number of hydrogen-bond donors (Lipinski definition) is 1. The Balaban J connectivity index is 1.86. The quantitative estimate of drug-likeness (QED) is 0.799. The molecule has 1 aliphatic carbocycles. The van der Waals surface area contributed by atoms with E-state index in [1.54, 1.807) is 6.26 Å². The van der Waals surface area contributed by atoms with Crippen molar-refractivity contribution >= 4 is 0 Å². The van der Waals surface area contributed by atoms with E-state index in [9.17, 15) is 0 Å². The molecule has 1 aliphatic rings. The Morgan fingerprint density at radius 3 is 2.89 bits per heavy atom. The molecule has 0 spiro atoms. The van der Waals surface area contributed by atoms with Gasteiger partial charge in [-0.15, -0.1) is 0 Å². The van der Waals surface area contributed by atoms with Crippen molar-refractivity contribution in [1.82, 2.24) is 10.2 Å². The lowest BCUT2D eigenvalue weighted by molar-refractivity contribution is 0.209. The second kappa shape index (κ2) is 7.71. The van der Waals surface area contributed by atoms with Gasteiger partial charge in [0, 0.05) is 12.6 Å². The third-order valence-electron chi connectivity index (χ3n) is 4.18. The predicted molar refractivity (Wildman–Crippen MR) is 79.1 cm³/mol. The molecule has 0 aromatic carbocycles. The summed E-state index contributed by atoms with van der Waals surface area (Å²) in [4.78, 5) is 2.40. The van der Waals surface area contributed by atoms with Crippen LogP contribution >= 0.6 is 0 Å². The number of rotatable bonds is 6. The maximum atomic E-state index is 5.44. The van der Waals surface area contributed by atoms with Gasteiger partial charge in [0.05, 0.1) is 12.8 Å². The van der Waals surface area contributed by atoms with E-state index in [0.717, 1.165) is 24.8 Å². The molecule has 108 valence electrons. The molecule has 19 heavy (non-hydrogen) atoms. The Bertz CT molecular complexity index is 337. The van der Waals surface area contributed by atoms with Crippen LogP contribution in [0.2, 0.25) is 0 Å². The molecule has 0 amide bonds. The Morgan fingerprint density at radius 2 is 2.16 bits per heavy atom. The second-order valence-corrected chi connectivity index (χ2v) is 5.84. The molecule has 1 heterocycles. The highest BCUT2D eigenvalue weighted by molar-refractivity contribution is 4.97. The van der Waals surface area contributed by atoms with Crippen molar-refractivity contribution in [3.63, 3.8) is 0 Å². The summed E-state index contributed by atoms with van der Waals surface area (Å²) in [7, 11) is 2.20. The average Bonchev–Trinajstić information content (AvgIpc) is 2.79. The van der Waals surface area contributed by atoms with E-state index in [4.69, 9.17) is 4.42 Å². The molecule has 0 radical (unpaired) electrons. The van der Waals surface area contributed by atoms with Crippen LogP contribution in [0.25, 0.3) is 0 Å². The van der Waals surface area contributed by atoms with Crippen LogP contribution in [0.3, 0.4) is 0 Å². The first-order valence-corrected chi connectivity index (χ1v) is 7.74. The largest absolute Gasteiger partial charge is 0.468 e. The van der Waals surface area contributed by atoms with Gasteiger partial charge in [0.2, 0.25) is 0 Å². The summed E-state index contributed by atoms with van der Waals surface area (Å²) in [6, 6.07) is 4.73. The molecule has 0 saturated heterocycles. The summed E-state index contributed by atoms with van der Waals surface area (Å²) >= 11 is 0. The molecule has 1 aromatic rings. The molecule has 1 fully saturated rings. The first-order valence-electron chi connectivity index (χ1n) is 7.74. The molecular weight excluding hydrogens is 236 g/mol. The van der Waals surface area contributed by atoms with Gasteiger partial charge in [-0.3, -0.25) is 4.90 Å². The lowest BCUT2D eigenvalue weighted by Crippen LogP contribution is -2.40. The molecule has 1 N–H and O–H groups in total. The van der Waals surface area contributed by atoms with E-state index in [2.05, 4.69) is 30.3 Å². The van der Waals surface area contributed by atoms with Gasteiger partial charge >= 0.3 is 0 Å². The fourth-order valence-corrected chi connectivity index (χ4v) is 3.27. The third kappa shape index (κ3) is 4.66. The summed E-state index contributed by atoms with van der Waals surface area (Å²) in [5.74, 6) is 1.85. The van der Waals surface area contributed by atoms with E-state index in [1.807, 2.05) is 6.07 Å². The summed E-state index contributed by atoms with van der Waals surface area (Å²) in [5.41, 5.74) is 0. The van der Waals surface area contributed by atoms with Crippen molar-refractivity contribution in [3.05, 3.63) is 24.2 Å². The fourth-order valence-electron chi connectivity index (χ4n) is 3.27. The minimum atomic E-state index is 0.701. The van der Waals surface area contributed by atoms with Gasteiger partial charge in [0.25, 0.3) is 0 Å². The van der Waals surface area contributed by atoms with Crippen molar-refractivity contribution in [2.75, 3.05) is 20.1 Å². The molecule has 2 rings (SSSR count). The SMILES string of the molecule is CCNC1CCCCCC1CN(C)Cc1ccco1. The molecule has 0 aliphatic heterocycles. The second-order valence-electron chi connectivity index (χ2n) is 5.84. The molecule has 1 aromatic heterocycles. The van der Waals surface area contributed by atoms with Gasteiger partial charge in [-0.25, -0.2) is 0 Å². The number of furan rings is 1. The molecule has 3 heteroatoms. The molecule has 3 nitrogen and oxygen atoms in total. The van der Waals surface area contributed by atoms with E-state index in [-0.39, 0.29) is 0 Å². The molecular formula is C16H28N2O. The van der Waals surface area contributed by atoms with E-state index >= 15 is 0 Å². The van der Waals surface area contributed by atoms with E-state index in [1.165, 1.54) is 38.6 Å². The zero-order chi connectivity index (χ0) is 13.5. The lowest BCUT2D eigenvalue weighted by atomic mass is 9.94. The highest BCUT2D eigenvalue weighted by Gasteiger charge is 2.24. The zero-order valence-corrected chi connectivity index (χ0v) is 12.4. The Hall–Kier alpha value is -0.800. The lowest BCUT2D eigenvalue weighted by Gasteiger charge is -2.29. The van der Waals surface area contributed by atoms with Crippen LogP contribution in [-0.2, 0) is 6.54 Å². The fraction of sp³-hybridized carbons (Fsp3) is 0.750. The Morgan fingerprint density at radius 1 is 1.32 bits per heavy atom. The average molecular weight is 264 g/mol. The highest BCUT2D eigenvalue weighted by Crippen LogP contribution is 2.24. The Labute approximate surface area is 117 Å². The van der Waals surface area contributed by atoms with Crippen molar-refractivity contribution < 1.29 is 4.42 Å². The summed E-state index contributed by atoms with van der Waals surface area (Å²) < 4.78 is 5.44. The maximum absolute atomic E-state index is 5.44. The van der Waals surface area contributed by atoms with Crippen molar-refractivity contribution in [1.29, 1.82) is 0 Å². The van der Waals surface area contributed by atoms with Crippen molar-refractivity contribution in [2.45, 2.75) is 51.6 Å². The van der Waals surface area contributed by atoms with Gasteiger partial charge in [-0.2, -0.15) is 0 Å². The van der Waals surface area contributed by atoms with Crippen LogP contribution in [0.15, 0.2) is 22.8 Å². The Kier molecular flexibility index (Phi) is 5.93. The van der Waals surface area contributed by atoms with Crippen LogP contribution in [0.1, 0.15) is 44.8 Å². The predicted octanol–water partition coefficient (Wildman–Crippen LogP) is 3.27. The topological polar surface area (TPSA) is 28.4 Å². The normalized spacial score (nSPS) is 24.6. The highest BCUT2D eigenvalue weighted by atomic mass is 16.3. The summed E-state index contributed by atoms with van der Waals surface area (Å²) in [5, 5.41) is 3.69. The maximum Gasteiger partial charge on any atom is 0.117 e. The zero-order valence-electron chi connectivity index (χ0n) is 12.4. The van der Waals surface area contributed by atoms with Crippen LogP contribution in [-0.4, -0.2) is 31.1 Å². The first-order chi connectivity index (χ1) is 9.29. The monoisotopic (exact) mass is 264 g/mol. The van der Waals surface area contributed by atoms with Crippen LogP contribution in [0.5, 0.6) is 0 Å². The van der Waals surface area contributed by atoms with E-state index < -0.39 is 0 Å². The van der Waals surface area contributed by atoms with Gasteiger partial charge in [-0.05, 0) is 44.5 Å². The van der Waals surface area contributed by atoms with Gasteiger partial charge in [-0.1, -0.05) is 26.2 Å². The molecule has 0 bridgehead atoms. The first kappa shape index (κ1) is 14.6. The number of hydrogen-bond acceptors (Lipinski definition) is 3. The molecule has 2 unspecified atom stereocenters. The van der Waals surface area contributed by atoms with Crippen LogP contribution < -0.4 is 5.32 Å². The van der Waals surface area contributed by atoms with E-state index in [0.29, 0.717) is 6.04 Å². The molecule has 1 saturated carbocycles. The number of nitrogens with one attached hydrogen (secondary N) is 1. The van der Waals surface area contributed by atoms with Gasteiger partial charge in [0.1, 0.15) is 5.76 Å². The minimum Gasteiger partial charge on any atom is -0.468 e. The third-order valence-corrected chi connectivity index (χ3v) is 4.18. The smallest absolute Gasteiger partial charge is 0.117 e. The van der Waals surface area contributed by atoms with Crippen LogP contribution in [0.4, 0.5) is 0 Å². The van der Waals surface area contributed by atoms with Crippen molar-refractivity contribution in [3.8, 4) is 0 Å². The van der Waals surface area contributed by atoms with Crippen molar-refractivity contribution in [2.24, 2.45) is 5.92 Å². The molecule has 2 atom stereocenters. The summed E-state index contributed by atoms with van der Waals surface area (Å²) in [6.07, 6.45) is 8.64. The standard InChI is InChI=1S/C16H28N2O/c1-3-17-16-10-6-4-5-8-14(16)12-18(2)13-15-9-7-11-19-15/h7,9,11,14,16-17H,3-6,8,10,12-13H2,1-2H3. The van der Waals surface area contributed by atoms with Crippen LogP contribution in [0, 0.1) is 5.92 Å².